The fourth-order valence-electron chi connectivity index (χ4n) is 0.909. The van der Waals surface area contributed by atoms with Gasteiger partial charge in [-0.2, -0.15) is 0 Å². The van der Waals surface area contributed by atoms with E-state index in [0.29, 0.717) is 0 Å². The number of rotatable bonds is 2. The van der Waals surface area contributed by atoms with Gasteiger partial charge in [-0.05, 0) is 19.1 Å². The highest BCUT2D eigenvalue weighted by Gasteiger charge is 2.05. The Morgan fingerprint density at radius 3 is 2.00 bits per heavy atom. The van der Waals surface area contributed by atoms with Crippen LogP contribution in [0.1, 0.15) is 6.92 Å². The van der Waals surface area contributed by atoms with Crippen molar-refractivity contribution in [3.63, 3.8) is 0 Å². The van der Waals surface area contributed by atoms with Gasteiger partial charge in [0.25, 0.3) is 0 Å². The molecule has 18 heavy (non-hydrogen) atoms. The quantitative estimate of drug-likeness (QED) is 0.490. The molecule has 0 saturated heterocycles. The Kier molecular flexibility index (Phi) is 7.68. The van der Waals surface area contributed by atoms with Gasteiger partial charge in [0.2, 0.25) is 0 Å². The summed E-state index contributed by atoms with van der Waals surface area (Å²) >= 11 is 0. The lowest BCUT2D eigenvalue weighted by molar-refractivity contribution is -0.138. The molecule has 0 atom stereocenters. The molecule has 0 radical (unpaired) electrons. The molecule has 0 fully saturated rings. The van der Waals surface area contributed by atoms with Crippen molar-refractivity contribution in [2.24, 2.45) is 0 Å². The van der Waals surface area contributed by atoms with Crippen molar-refractivity contribution in [3.05, 3.63) is 42.0 Å². The van der Waals surface area contributed by atoms with Crippen LogP contribution in [0.4, 0.5) is 5.69 Å². The van der Waals surface area contributed by atoms with Crippen LogP contribution in [0.25, 0.3) is 0 Å². The molecule has 0 aliphatic heterocycles. The minimum atomic E-state index is -0.562. The van der Waals surface area contributed by atoms with Crippen LogP contribution in [0.2, 0.25) is 0 Å². The van der Waals surface area contributed by atoms with Gasteiger partial charge in [-0.3, -0.25) is 0 Å². The van der Waals surface area contributed by atoms with E-state index in [4.69, 9.17) is 5.73 Å². The number of nitrogen functional groups attached to an aromatic ring is 1. The van der Waals surface area contributed by atoms with E-state index in [0.717, 1.165) is 11.8 Å². The molecule has 1 aromatic carbocycles. The molecule has 1 aromatic rings. The van der Waals surface area contributed by atoms with Gasteiger partial charge < -0.3 is 15.2 Å². The smallest absolute Gasteiger partial charge is 0.333 e. The number of anilines is 1. The Morgan fingerprint density at radius 1 is 1.11 bits per heavy atom. The van der Waals surface area contributed by atoms with E-state index >= 15 is 0 Å². The zero-order valence-corrected chi connectivity index (χ0v) is 10.7. The van der Waals surface area contributed by atoms with Gasteiger partial charge in [0.05, 0.1) is 14.2 Å². The molecule has 5 nitrogen and oxygen atoms in total. The first-order valence-corrected chi connectivity index (χ1v) is 5.16. The van der Waals surface area contributed by atoms with Crippen LogP contribution >= 0.6 is 0 Å². The fraction of sp³-hybridized carbons (Fsp3) is 0.231. The molecular formula is C13H17NO4. The van der Waals surface area contributed by atoms with Crippen LogP contribution in [-0.2, 0) is 19.1 Å². The zero-order valence-electron chi connectivity index (χ0n) is 10.7. The maximum absolute atomic E-state index is 10.7. The largest absolute Gasteiger partial charge is 0.466 e. The van der Waals surface area contributed by atoms with Gasteiger partial charge in [-0.1, -0.05) is 18.2 Å². The number of carbonyl (C=O) groups excluding carboxylic acids is 2. The summed E-state index contributed by atoms with van der Waals surface area (Å²) in [5.41, 5.74) is 6.40. The second-order valence-corrected chi connectivity index (χ2v) is 3.25. The monoisotopic (exact) mass is 251 g/mol. The van der Waals surface area contributed by atoms with Crippen LogP contribution in [0, 0.1) is 0 Å². The Balaban J connectivity index is 0.000000351. The van der Waals surface area contributed by atoms with Gasteiger partial charge >= 0.3 is 11.9 Å². The van der Waals surface area contributed by atoms with Crippen LogP contribution < -0.4 is 5.73 Å². The molecule has 0 saturated carbocycles. The second-order valence-electron chi connectivity index (χ2n) is 3.25. The molecule has 0 bridgehead atoms. The van der Waals surface area contributed by atoms with E-state index in [1.165, 1.54) is 21.1 Å². The molecule has 0 aromatic heterocycles. The molecule has 0 heterocycles. The van der Waals surface area contributed by atoms with Gasteiger partial charge in [0.15, 0.2) is 0 Å². The fourth-order valence-corrected chi connectivity index (χ4v) is 0.909. The summed E-state index contributed by atoms with van der Waals surface area (Å²) in [6.45, 7) is 1.47. The van der Waals surface area contributed by atoms with Gasteiger partial charge in [0, 0.05) is 17.3 Å². The summed E-state index contributed by atoms with van der Waals surface area (Å²) < 4.78 is 8.63. The van der Waals surface area contributed by atoms with Crippen molar-refractivity contribution in [1.82, 2.24) is 0 Å². The van der Waals surface area contributed by atoms with Crippen molar-refractivity contribution >= 4 is 17.6 Å². The lowest BCUT2D eigenvalue weighted by Gasteiger charge is -1.96. The van der Waals surface area contributed by atoms with E-state index in [2.05, 4.69) is 9.47 Å². The molecular weight excluding hydrogens is 234 g/mol. The highest BCUT2D eigenvalue weighted by Crippen LogP contribution is 1.96. The molecule has 5 heteroatoms. The van der Waals surface area contributed by atoms with E-state index in [1.54, 1.807) is 0 Å². The van der Waals surface area contributed by atoms with Gasteiger partial charge in [-0.15, -0.1) is 0 Å². The summed E-state index contributed by atoms with van der Waals surface area (Å²) in [5, 5.41) is 0. The van der Waals surface area contributed by atoms with E-state index in [1.807, 2.05) is 30.3 Å². The molecule has 1 rings (SSSR count). The number of benzene rings is 1. The minimum absolute atomic E-state index is 0.222. The summed E-state index contributed by atoms with van der Waals surface area (Å²) in [4.78, 5) is 21.2. The standard InChI is InChI=1S/C7H10O4.C6H7N/c1-5(7(9)11-3)4-6(8)10-2;7-6-4-2-1-3-5-6/h4H,1-3H3;1-5H,7H2/b5-4+;. The average Bonchev–Trinajstić information content (AvgIpc) is 2.39. The van der Waals surface area contributed by atoms with Crippen molar-refractivity contribution in [2.45, 2.75) is 6.92 Å². The van der Waals surface area contributed by atoms with Gasteiger partial charge in [-0.25, -0.2) is 9.59 Å². The Labute approximate surface area is 106 Å². The minimum Gasteiger partial charge on any atom is -0.466 e. The summed E-state index contributed by atoms with van der Waals surface area (Å²) in [6.07, 6.45) is 1.08. The first kappa shape index (κ1) is 15.7. The molecule has 0 unspecified atom stereocenters. The number of hydrogen-bond donors (Lipinski definition) is 1. The first-order chi connectivity index (χ1) is 8.51. The maximum Gasteiger partial charge on any atom is 0.333 e. The molecule has 0 amide bonds. The number of carbonyl (C=O) groups is 2. The topological polar surface area (TPSA) is 78.6 Å². The van der Waals surface area contributed by atoms with Crippen molar-refractivity contribution in [3.8, 4) is 0 Å². The predicted molar refractivity (Wildman–Crippen MR) is 68.6 cm³/mol. The highest BCUT2D eigenvalue weighted by molar-refractivity contribution is 5.95. The third-order valence-electron chi connectivity index (χ3n) is 1.84. The first-order valence-electron chi connectivity index (χ1n) is 5.16. The van der Waals surface area contributed by atoms with E-state index < -0.39 is 11.9 Å². The summed E-state index contributed by atoms with van der Waals surface area (Å²) in [5.74, 6) is -1.09. The number of esters is 2. The van der Waals surface area contributed by atoms with E-state index in [-0.39, 0.29) is 5.57 Å². The number of hydrogen-bond acceptors (Lipinski definition) is 5. The van der Waals surface area contributed by atoms with Crippen LogP contribution in [-0.4, -0.2) is 26.2 Å². The number of para-hydroxylation sites is 1. The number of nitrogens with two attached hydrogens (primary N) is 1. The molecule has 2 N–H and O–H groups in total. The lowest BCUT2D eigenvalue weighted by Crippen LogP contribution is -2.05. The maximum atomic E-state index is 10.7. The number of ether oxygens (including phenoxy) is 2. The van der Waals surface area contributed by atoms with Crippen molar-refractivity contribution < 1.29 is 19.1 Å². The Hall–Kier alpha value is -2.30. The summed E-state index contributed by atoms with van der Waals surface area (Å²) in [7, 11) is 2.49. The van der Waals surface area contributed by atoms with Crippen LogP contribution in [0.5, 0.6) is 0 Å². The Bertz CT molecular complexity index is 412. The zero-order chi connectivity index (χ0) is 14.0. The molecule has 0 aliphatic rings. The third kappa shape index (κ3) is 7.05. The van der Waals surface area contributed by atoms with Crippen molar-refractivity contribution in [2.75, 3.05) is 20.0 Å². The van der Waals surface area contributed by atoms with Crippen molar-refractivity contribution in [1.29, 1.82) is 0 Å². The molecule has 0 spiro atoms. The second kappa shape index (κ2) is 8.81. The Morgan fingerprint density at radius 2 is 1.67 bits per heavy atom. The third-order valence-corrected chi connectivity index (χ3v) is 1.84. The van der Waals surface area contributed by atoms with Gasteiger partial charge in [0.1, 0.15) is 0 Å². The average molecular weight is 251 g/mol. The predicted octanol–water partition coefficient (Wildman–Crippen LogP) is 1.55. The SMILES string of the molecule is COC(=O)/C=C(\C)C(=O)OC.Nc1ccccc1. The van der Waals surface area contributed by atoms with Crippen LogP contribution in [0.15, 0.2) is 42.0 Å². The lowest BCUT2D eigenvalue weighted by atomic mass is 10.3. The summed E-state index contributed by atoms with van der Waals surface area (Å²) in [6, 6.07) is 9.49. The molecule has 0 aliphatic carbocycles. The molecule has 98 valence electrons. The highest BCUT2D eigenvalue weighted by atomic mass is 16.5. The normalized spacial score (nSPS) is 9.83. The van der Waals surface area contributed by atoms with Crippen LogP contribution in [0.3, 0.4) is 0 Å². The number of methoxy groups -OCH3 is 2. The van der Waals surface area contributed by atoms with E-state index in [9.17, 15) is 9.59 Å².